The summed E-state index contributed by atoms with van der Waals surface area (Å²) < 4.78 is 5.62. The van der Waals surface area contributed by atoms with Crippen molar-refractivity contribution in [2.45, 2.75) is 19.4 Å². The molecule has 3 rings (SSSR count). The highest BCUT2D eigenvalue weighted by molar-refractivity contribution is 6.30. The first kappa shape index (κ1) is 17.3. The van der Waals surface area contributed by atoms with E-state index in [-0.39, 0.29) is 19.1 Å². The number of aryl methyl sites for hydroxylation is 1. The van der Waals surface area contributed by atoms with Crippen LogP contribution in [-0.2, 0) is 10.3 Å². The van der Waals surface area contributed by atoms with Crippen LogP contribution in [0, 0.1) is 6.92 Å². The average molecular weight is 359 g/mol. The Bertz CT molecular complexity index is 789. The summed E-state index contributed by atoms with van der Waals surface area (Å²) in [5, 5.41) is 3.34. The van der Waals surface area contributed by atoms with Gasteiger partial charge >= 0.3 is 6.03 Å². The fourth-order valence-electron chi connectivity index (χ4n) is 2.77. The van der Waals surface area contributed by atoms with Crippen LogP contribution in [0.25, 0.3) is 0 Å². The number of imide groups is 1. The number of halogens is 1. The second-order valence-electron chi connectivity index (χ2n) is 6.18. The number of hydrogen-bond acceptors (Lipinski definition) is 3. The molecule has 3 amide bonds. The monoisotopic (exact) mass is 358 g/mol. The van der Waals surface area contributed by atoms with Crippen molar-refractivity contribution in [3.8, 4) is 5.75 Å². The first-order valence-electron chi connectivity index (χ1n) is 8.00. The third-order valence-electron chi connectivity index (χ3n) is 4.30. The summed E-state index contributed by atoms with van der Waals surface area (Å²) in [6.45, 7) is 4.10. The quantitative estimate of drug-likeness (QED) is 0.832. The maximum absolute atomic E-state index is 12.8. The Morgan fingerprint density at radius 1 is 1.08 bits per heavy atom. The van der Waals surface area contributed by atoms with Crippen LogP contribution in [0.1, 0.15) is 18.1 Å². The minimum atomic E-state index is -1.09. The van der Waals surface area contributed by atoms with E-state index in [4.69, 9.17) is 16.3 Å². The molecular formula is C19H19ClN2O3. The maximum atomic E-state index is 12.8. The van der Waals surface area contributed by atoms with Gasteiger partial charge in [-0.1, -0.05) is 41.4 Å². The van der Waals surface area contributed by atoms with Crippen molar-refractivity contribution in [3.05, 3.63) is 64.7 Å². The number of hydrogen-bond donors (Lipinski definition) is 1. The van der Waals surface area contributed by atoms with E-state index < -0.39 is 11.6 Å². The van der Waals surface area contributed by atoms with Crippen LogP contribution < -0.4 is 10.1 Å². The van der Waals surface area contributed by atoms with Gasteiger partial charge in [-0.3, -0.25) is 9.69 Å². The van der Waals surface area contributed by atoms with Gasteiger partial charge in [-0.05, 0) is 43.7 Å². The Morgan fingerprint density at radius 3 is 2.36 bits per heavy atom. The second kappa shape index (κ2) is 6.76. The lowest BCUT2D eigenvalue weighted by atomic mass is 9.92. The molecule has 1 saturated heterocycles. The Hall–Kier alpha value is -2.53. The number of benzene rings is 2. The van der Waals surface area contributed by atoms with Crippen molar-refractivity contribution in [2.75, 3.05) is 13.2 Å². The fourth-order valence-corrected chi connectivity index (χ4v) is 2.89. The van der Waals surface area contributed by atoms with Gasteiger partial charge in [-0.25, -0.2) is 4.79 Å². The molecule has 2 aromatic rings. The molecule has 1 N–H and O–H groups in total. The number of amides is 3. The summed E-state index contributed by atoms with van der Waals surface area (Å²) in [6, 6.07) is 14.1. The van der Waals surface area contributed by atoms with Gasteiger partial charge < -0.3 is 10.1 Å². The Morgan fingerprint density at radius 2 is 1.72 bits per heavy atom. The lowest BCUT2D eigenvalue weighted by Gasteiger charge is -2.22. The predicted molar refractivity (Wildman–Crippen MR) is 95.7 cm³/mol. The van der Waals surface area contributed by atoms with Crippen molar-refractivity contribution >= 4 is 23.5 Å². The third kappa shape index (κ3) is 3.46. The molecular weight excluding hydrogens is 340 g/mol. The van der Waals surface area contributed by atoms with E-state index in [1.165, 1.54) is 4.90 Å². The van der Waals surface area contributed by atoms with E-state index in [1.54, 1.807) is 31.2 Å². The highest BCUT2D eigenvalue weighted by atomic mass is 35.5. The minimum Gasteiger partial charge on any atom is -0.492 e. The van der Waals surface area contributed by atoms with Crippen molar-refractivity contribution in [3.63, 3.8) is 0 Å². The van der Waals surface area contributed by atoms with E-state index in [0.29, 0.717) is 16.3 Å². The lowest BCUT2D eigenvalue weighted by molar-refractivity contribution is -0.131. The summed E-state index contributed by atoms with van der Waals surface area (Å²) >= 11 is 5.89. The standard InChI is InChI=1S/C19H19ClN2O3/c1-13-3-9-16(10-4-13)25-12-11-22-17(23)19(2,21-18(22)24)14-5-7-15(20)8-6-14/h3-10H,11-12H2,1-2H3,(H,21,24). The topological polar surface area (TPSA) is 58.6 Å². The van der Waals surface area contributed by atoms with Gasteiger partial charge in [0.05, 0.1) is 6.54 Å². The summed E-state index contributed by atoms with van der Waals surface area (Å²) in [6.07, 6.45) is 0. The fraction of sp³-hybridized carbons (Fsp3) is 0.263. The first-order chi connectivity index (χ1) is 11.9. The molecule has 0 radical (unpaired) electrons. The summed E-state index contributed by atoms with van der Waals surface area (Å²) in [7, 11) is 0. The van der Waals surface area contributed by atoms with Crippen molar-refractivity contribution in [2.24, 2.45) is 0 Å². The Labute approximate surface area is 151 Å². The van der Waals surface area contributed by atoms with Crippen LogP contribution in [0.15, 0.2) is 48.5 Å². The van der Waals surface area contributed by atoms with E-state index in [9.17, 15) is 9.59 Å². The van der Waals surface area contributed by atoms with Crippen molar-refractivity contribution in [1.29, 1.82) is 0 Å². The Balaban J connectivity index is 1.66. The normalized spacial score (nSPS) is 19.9. The van der Waals surface area contributed by atoms with Crippen LogP contribution in [-0.4, -0.2) is 30.0 Å². The average Bonchev–Trinajstić information content (AvgIpc) is 2.81. The number of nitrogens with one attached hydrogen (secondary N) is 1. The summed E-state index contributed by atoms with van der Waals surface area (Å²) in [4.78, 5) is 26.2. The number of carbonyl (C=O) groups excluding carboxylic acids is 2. The zero-order valence-corrected chi connectivity index (χ0v) is 14.8. The van der Waals surface area contributed by atoms with Crippen LogP contribution in [0.2, 0.25) is 5.02 Å². The zero-order valence-electron chi connectivity index (χ0n) is 14.1. The molecule has 1 heterocycles. The molecule has 5 nitrogen and oxygen atoms in total. The van der Waals surface area contributed by atoms with E-state index in [1.807, 2.05) is 31.2 Å². The molecule has 1 unspecified atom stereocenters. The maximum Gasteiger partial charge on any atom is 0.325 e. The first-order valence-corrected chi connectivity index (χ1v) is 8.37. The Kier molecular flexibility index (Phi) is 4.68. The number of rotatable bonds is 5. The van der Waals surface area contributed by atoms with Gasteiger partial charge in [0.25, 0.3) is 5.91 Å². The number of urea groups is 1. The molecule has 0 saturated carbocycles. The minimum absolute atomic E-state index is 0.182. The second-order valence-corrected chi connectivity index (χ2v) is 6.62. The zero-order chi connectivity index (χ0) is 18.0. The highest BCUT2D eigenvalue weighted by Gasteiger charge is 2.48. The molecule has 0 bridgehead atoms. The van der Waals surface area contributed by atoms with Gasteiger partial charge in [-0.15, -0.1) is 0 Å². The summed E-state index contributed by atoms with van der Waals surface area (Å²) in [5.41, 5.74) is 0.739. The van der Waals surface area contributed by atoms with E-state index in [0.717, 1.165) is 5.56 Å². The highest BCUT2D eigenvalue weighted by Crippen LogP contribution is 2.29. The molecule has 0 spiro atoms. The third-order valence-corrected chi connectivity index (χ3v) is 4.55. The molecule has 0 aliphatic carbocycles. The van der Waals surface area contributed by atoms with Gasteiger partial charge in [0.15, 0.2) is 0 Å². The predicted octanol–water partition coefficient (Wildman–Crippen LogP) is 3.49. The van der Waals surface area contributed by atoms with E-state index in [2.05, 4.69) is 5.32 Å². The van der Waals surface area contributed by atoms with Gasteiger partial charge in [0.2, 0.25) is 0 Å². The van der Waals surface area contributed by atoms with Gasteiger partial charge in [0, 0.05) is 5.02 Å². The number of carbonyl (C=O) groups is 2. The van der Waals surface area contributed by atoms with Crippen LogP contribution in [0.5, 0.6) is 5.75 Å². The van der Waals surface area contributed by atoms with Crippen molar-refractivity contribution < 1.29 is 14.3 Å². The largest absolute Gasteiger partial charge is 0.492 e. The van der Waals surface area contributed by atoms with Crippen molar-refractivity contribution in [1.82, 2.24) is 10.2 Å². The van der Waals surface area contributed by atoms with Gasteiger partial charge in [-0.2, -0.15) is 0 Å². The SMILES string of the molecule is Cc1ccc(OCCN2C(=O)NC(C)(c3ccc(Cl)cc3)C2=O)cc1. The van der Waals surface area contributed by atoms with Gasteiger partial charge in [0.1, 0.15) is 17.9 Å². The number of ether oxygens (including phenoxy) is 1. The van der Waals surface area contributed by atoms with Crippen LogP contribution in [0.4, 0.5) is 4.79 Å². The van der Waals surface area contributed by atoms with Crippen LogP contribution >= 0.6 is 11.6 Å². The molecule has 2 aromatic carbocycles. The molecule has 1 fully saturated rings. The summed E-state index contributed by atoms with van der Waals surface area (Å²) in [5.74, 6) is 0.408. The molecule has 0 aromatic heterocycles. The molecule has 1 atom stereocenters. The molecule has 6 heteroatoms. The molecule has 1 aliphatic heterocycles. The van der Waals surface area contributed by atoms with E-state index >= 15 is 0 Å². The van der Waals surface area contributed by atoms with Crippen LogP contribution in [0.3, 0.4) is 0 Å². The molecule has 25 heavy (non-hydrogen) atoms. The lowest BCUT2D eigenvalue weighted by Crippen LogP contribution is -2.41. The smallest absolute Gasteiger partial charge is 0.325 e. The molecule has 1 aliphatic rings. The molecule has 130 valence electrons. The number of nitrogens with zero attached hydrogens (tertiary/aromatic N) is 1.